The van der Waals surface area contributed by atoms with Crippen LogP contribution in [0.4, 0.5) is 4.79 Å². The first-order valence-electron chi connectivity index (χ1n) is 16.9. The fourth-order valence-corrected chi connectivity index (χ4v) is 11.5. The second kappa shape index (κ2) is 10.6. The molecule has 1 aromatic heterocycles. The van der Waals surface area contributed by atoms with E-state index in [9.17, 15) is 24.3 Å². The van der Waals surface area contributed by atoms with Gasteiger partial charge >= 0.3 is 17.9 Å². The molecule has 5 aliphatic rings. The Morgan fingerprint density at radius 1 is 0.978 bits per heavy atom. The van der Waals surface area contributed by atoms with Crippen LogP contribution in [0.3, 0.4) is 0 Å². The highest BCUT2D eigenvalue weighted by atomic mass is 16.6. The minimum Gasteiger partial charge on any atom is -0.481 e. The molecule has 0 aromatic carbocycles. The van der Waals surface area contributed by atoms with E-state index in [1.54, 1.807) is 14.0 Å². The molecule has 46 heavy (non-hydrogen) atoms. The van der Waals surface area contributed by atoms with Crippen molar-refractivity contribution in [3.63, 3.8) is 0 Å². The maximum atomic E-state index is 14.7. The third-order valence-electron chi connectivity index (χ3n) is 14.5. The lowest BCUT2D eigenvalue weighted by Gasteiger charge is -2.70. The molecule has 0 bridgehead atoms. The smallest absolute Gasteiger partial charge is 0.481 e. The van der Waals surface area contributed by atoms with Gasteiger partial charge in [0.05, 0.1) is 17.1 Å². The molecule has 10 heteroatoms. The molecule has 254 valence electrons. The minimum atomic E-state index is -0.846. The summed E-state index contributed by atoms with van der Waals surface area (Å²) in [6.45, 7) is 14.4. The van der Waals surface area contributed by atoms with Gasteiger partial charge in [-0.15, -0.1) is 0 Å². The van der Waals surface area contributed by atoms with Crippen molar-refractivity contribution in [2.75, 3.05) is 7.11 Å². The number of carboxylic acids is 1. The monoisotopic (exact) mass is 641 g/mol. The van der Waals surface area contributed by atoms with Crippen molar-refractivity contribution < 1.29 is 37.8 Å². The van der Waals surface area contributed by atoms with Gasteiger partial charge in [0.15, 0.2) is 23.9 Å². The van der Waals surface area contributed by atoms with Crippen LogP contribution in [0.25, 0.3) is 0 Å². The number of alkyl carbamates (subject to hydrolysis) is 1. The molecule has 10 atom stereocenters. The molecule has 1 amide bonds. The molecule has 1 aromatic rings. The Kier molecular flexibility index (Phi) is 7.58. The molecule has 2 N–H and O–H groups in total. The van der Waals surface area contributed by atoms with E-state index < -0.39 is 34.3 Å². The summed E-state index contributed by atoms with van der Waals surface area (Å²) in [6.07, 6.45) is 8.13. The number of ether oxygens (including phenoxy) is 2. The van der Waals surface area contributed by atoms with Gasteiger partial charge in [-0.2, -0.15) is 0 Å². The van der Waals surface area contributed by atoms with Crippen molar-refractivity contribution in [1.82, 2.24) is 5.32 Å². The quantitative estimate of drug-likeness (QED) is 0.364. The maximum Gasteiger partial charge on any atom is 0.519 e. The number of carbonyl (C=O) groups excluding carboxylic acids is 2. The van der Waals surface area contributed by atoms with Crippen LogP contribution in [0, 0.1) is 51.8 Å². The van der Waals surface area contributed by atoms with Gasteiger partial charge in [0, 0.05) is 13.0 Å². The molecule has 0 aliphatic heterocycles. The number of nitrogens with one attached hydrogen (secondary N) is 1. The van der Waals surface area contributed by atoms with E-state index in [4.69, 9.17) is 18.3 Å². The molecule has 4 saturated carbocycles. The number of amides is 1. The summed E-state index contributed by atoms with van der Waals surface area (Å²) < 4.78 is 21.4. The predicted octanol–water partition coefficient (Wildman–Crippen LogP) is 6.58. The largest absolute Gasteiger partial charge is 0.519 e. The Labute approximate surface area is 271 Å². The van der Waals surface area contributed by atoms with Gasteiger partial charge in [-0.1, -0.05) is 33.3 Å². The highest BCUT2D eigenvalue weighted by Crippen LogP contribution is 2.74. The zero-order chi connectivity index (χ0) is 33.7. The number of hydrogen-bond acceptors (Lipinski definition) is 8. The van der Waals surface area contributed by atoms with Crippen LogP contribution in [-0.2, 0) is 25.7 Å². The molecular formula is C36H51NO9. The fraction of sp³-hybridized carbons (Fsp3) is 0.778. The molecule has 0 unspecified atom stereocenters. The predicted molar refractivity (Wildman–Crippen MR) is 168 cm³/mol. The van der Waals surface area contributed by atoms with E-state index in [1.165, 1.54) is 5.57 Å². The molecule has 6 rings (SSSR count). The summed E-state index contributed by atoms with van der Waals surface area (Å²) in [6, 6.07) is 0. The van der Waals surface area contributed by atoms with E-state index in [0.29, 0.717) is 19.3 Å². The Bertz CT molecular complexity index is 1540. The van der Waals surface area contributed by atoms with Crippen LogP contribution >= 0.6 is 0 Å². The van der Waals surface area contributed by atoms with E-state index in [0.717, 1.165) is 38.5 Å². The number of aryl methyl sites for hydroxylation is 1. The summed E-state index contributed by atoms with van der Waals surface area (Å²) in [5.74, 6) is -1.31. The standard InChI is InChI=1S/C36H51NO9/c1-20-24(46-30(42)45-20)19-44-29(41)37-36(7)25-9-12-35(6)27(33(25,4)11-10-26(36)43-8)23(38)17-21-22-18-32(3,28(39)40)14-13-31(22,2)15-16-34(21,35)5/h17,22,25-27H,9-16,18-19H2,1-8H3,(H,37,41)(H,39,40)/t22-,25+,26-,27+,31+,32-,33-,34+,35+,36-/m0/s1. The van der Waals surface area contributed by atoms with Gasteiger partial charge in [0.2, 0.25) is 0 Å². The van der Waals surface area contributed by atoms with Crippen molar-refractivity contribution >= 4 is 17.8 Å². The Balaban J connectivity index is 1.34. The molecule has 0 saturated heterocycles. The third kappa shape index (κ3) is 4.51. The fourth-order valence-electron chi connectivity index (χ4n) is 11.5. The van der Waals surface area contributed by atoms with Gasteiger partial charge in [0.1, 0.15) is 0 Å². The molecule has 0 spiro atoms. The number of allylic oxidation sites excluding steroid dienone is 2. The number of aliphatic carboxylic acids is 1. The van der Waals surface area contributed by atoms with E-state index >= 15 is 0 Å². The van der Waals surface area contributed by atoms with Gasteiger partial charge in [-0.25, -0.2) is 9.59 Å². The molecular weight excluding hydrogens is 590 g/mol. The molecule has 1 heterocycles. The van der Waals surface area contributed by atoms with E-state index in [2.05, 4.69) is 33.0 Å². The summed E-state index contributed by atoms with van der Waals surface area (Å²) >= 11 is 0. The number of ketones is 1. The maximum absolute atomic E-state index is 14.7. The summed E-state index contributed by atoms with van der Waals surface area (Å²) in [5, 5.41) is 13.3. The zero-order valence-corrected chi connectivity index (χ0v) is 28.7. The number of carboxylic acid groups (broad SMARTS) is 1. The van der Waals surface area contributed by atoms with Crippen LogP contribution in [0.15, 0.2) is 25.3 Å². The number of carbonyl (C=O) groups is 3. The van der Waals surface area contributed by atoms with Crippen LogP contribution in [-0.4, -0.2) is 41.7 Å². The molecule has 0 radical (unpaired) electrons. The van der Waals surface area contributed by atoms with E-state index in [1.807, 2.05) is 19.9 Å². The van der Waals surface area contributed by atoms with Crippen molar-refractivity contribution in [2.45, 2.75) is 125 Å². The molecule has 10 nitrogen and oxygen atoms in total. The van der Waals surface area contributed by atoms with Gasteiger partial charge < -0.3 is 28.7 Å². The third-order valence-corrected chi connectivity index (χ3v) is 14.5. The first-order chi connectivity index (χ1) is 21.4. The lowest BCUT2D eigenvalue weighted by Crippen LogP contribution is -2.72. The van der Waals surface area contributed by atoms with Crippen LogP contribution in [0.2, 0.25) is 0 Å². The molecule has 5 aliphatic carbocycles. The summed E-state index contributed by atoms with van der Waals surface area (Å²) in [4.78, 5) is 51.8. The van der Waals surface area contributed by atoms with Crippen molar-refractivity contribution in [1.29, 1.82) is 0 Å². The highest BCUT2D eigenvalue weighted by molar-refractivity contribution is 5.95. The van der Waals surface area contributed by atoms with Crippen LogP contribution in [0.1, 0.15) is 111 Å². The number of hydrogen-bond donors (Lipinski definition) is 2. The Morgan fingerprint density at radius 2 is 1.67 bits per heavy atom. The lowest BCUT2D eigenvalue weighted by atomic mass is 9.34. The molecule has 4 fully saturated rings. The normalized spacial score (nSPS) is 45.0. The SMILES string of the molecule is CO[C@H]1CC[C@@]2(C)[C@@H](CC[C@]3(C)[C@@H]2C(=O)C=C2[C@@H]4C[C@@](C)(C(=O)O)CC[C@]4(C)CC[C@]23C)[C@]1(C)NC(=O)OCc1oc(=O)oc1C. The first-order valence-corrected chi connectivity index (χ1v) is 16.9. The van der Waals surface area contributed by atoms with Gasteiger partial charge in [-0.05, 0) is 118 Å². The topological polar surface area (TPSA) is 145 Å². The number of rotatable bonds is 5. The van der Waals surface area contributed by atoms with Gasteiger partial charge in [0.25, 0.3) is 0 Å². The van der Waals surface area contributed by atoms with E-state index in [-0.39, 0.29) is 64.0 Å². The Hall–Kier alpha value is -2.88. The minimum absolute atomic E-state index is 0.0121. The van der Waals surface area contributed by atoms with Crippen molar-refractivity contribution in [2.24, 2.45) is 44.8 Å². The summed E-state index contributed by atoms with van der Waals surface area (Å²) in [7, 11) is 1.66. The summed E-state index contributed by atoms with van der Waals surface area (Å²) in [5.41, 5.74) is -1.45. The average molecular weight is 642 g/mol. The van der Waals surface area contributed by atoms with Gasteiger partial charge in [-0.3, -0.25) is 9.59 Å². The lowest BCUT2D eigenvalue weighted by molar-refractivity contribution is -0.195. The second-order valence-corrected chi connectivity index (χ2v) is 16.7. The van der Waals surface area contributed by atoms with Crippen LogP contribution in [0.5, 0.6) is 0 Å². The highest BCUT2D eigenvalue weighted by Gasteiger charge is 2.71. The number of fused-ring (bicyclic) bond motifs is 7. The second-order valence-electron chi connectivity index (χ2n) is 16.7. The average Bonchev–Trinajstić information content (AvgIpc) is 3.30. The zero-order valence-electron chi connectivity index (χ0n) is 28.7. The Morgan fingerprint density at radius 3 is 2.30 bits per heavy atom. The van der Waals surface area contributed by atoms with Crippen molar-refractivity contribution in [3.8, 4) is 0 Å². The van der Waals surface area contributed by atoms with Crippen molar-refractivity contribution in [3.05, 3.63) is 33.8 Å². The van der Waals surface area contributed by atoms with Crippen LogP contribution < -0.4 is 11.1 Å². The number of methoxy groups -OCH3 is 1. The first kappa shape index (κ1) is 33.0.